The lowest BCUT2D eigenvalue weighted by atomic mass is 10.2. The molecule has 0 bridgehead atoms. The van der Waals surface area contributed by atoms with E-state index in [9.17, 15) is 0 Å². The first-order valence-electron chi connectivity index (χ1n) is 6.18. The van der Waals surface area contributed by atoms with Gasteiger partial charge in [-0.1, -0.05) is 24.3 Å². The topological polar surface area (TPSA) is 34.1 Å². The summed E-state index contributed by atoms with van der Waals surface area (Å²) in [7, 11) is 0. The second kappa shape index (κ2) is 6.05. The van der Waals surface area contributed by atoms with E-state index in [0.29, 0.717) is 6.61 Å². The van der Waals surface area contributed by atoms with E-state index in [2.05, 4.69) is 17.2 Å². The van der Waals surface area contributed by atoms with Crippen LogP contribution in [0.4, 0.5) is 5.82 Å². The second-order valence-electron chi connectivity index (χ2n) is 4.10. The Balaban J connectivity index is 2.02. The lowest BCUT2D eigenvalue weighted by Gasteiger charge is -2.09. The van der Waals surface area contributed by atoms with E-state index in [0.717, 1.165) is 29.4 Å². The molecule has 0 unspecified atom stereocenters. The molecular weight excluding hydrogens is 224 g/mol. The van der Waals surface area contributed by atoms with Gasteiger partial charge in [-0.2, -0.15) is 0 Å². The minimum absolute atomic E-state index is 0.490. The third-order valence-corrected chi connectivity index (χ3v) is 2.63. The number of pyridine rings is 1. The summed E-state index contributed by atoms with van der Waals surface area (Å²) in [5.74, 6) is 1.80. The fourth-order valence-electron chi connectivity index (χ4n) is 1.71. The summed E-state index contributed by atoms with van der Waals surface area (Å²) in [6.45, 7) is 5.45. The van der Waals surface area contributed by atoms with Crippen LogP contribution < -0.4 is 10.1 Å². The Hall–Kier alpha value is -2.03. The first kappa shape index (κ1) is 12.4. The van der Waals surface area contributed by atoms with E-state index in [4.69, 9.17) is 4.74 Å². The predicted octanol–water partition coefficient (Wildman–Crippen LogP) is 3.40. The lowest BCUT2D eigenvalue weighted by molar-refractivity contribution is 0.299. The van der Waals surface area contributed by atoms with Crippen molar-refractivity contribution in [1.82, 2.24) is 4.98 Å². The molecule has 0 aliphatic heterocycles. The quantitative estimate of drug-likeness (QED) is 0.872. The Morgan fingerprint density at radius 3 is 2.72 bits per heavy atom. The summed E-state index contributed by atoms with van der Waals surface area (Å²) < 4.78 is 5.77. The van der Waals surface area contributed by atoms with Crippen LogP contribution in [0.1, 0.15) is 18.2 Å². The van der Waals surface area contributed by atoms with Crippen LogP contribution in [-0.2, 0) is 6.61 Å². The monoisotopic (exact) mass is 242 g/mol. The van der Waals surface area contributed by atoms with E-state index < -0.39 is 0 Å². The van der Waals surface area contributed by atoms with Gasteiger partial charge in [-0.15, -0.1) is 0 Å². The maximum atomic E-state index is 5.77. The molecule has 0 atom stereocenters. The molecule has 0 fully saturated rings. The standard InChI is InChI=1S/C15H18N2O/c1-3-16-15-10-6-8-13(17-15)11-18-14-9-5-4-7-12(14)2/h4-10H,3,11H2,1-2H3,(H,16,17). The van der Waals surface area contributed by atoms with Gasteiger partial charge in [0.1, 0.15) is 18.2 Å². The molecule has 0 radical (unpaired) electrons. The number of benzene rings is 1. The van der Waals surface area contributed by atoms with Gasteiger partial charge in [0.15, 0.2) is 0 Å². The summed E-state index contributed by atoms with van der Waals surface area (Å²) >= 11 is 0. The summed E-state index contributed by atoms with van der Waals surface area (Å²) in [5, 5.41) is 3.19. The van der Waals surface area contributed by atoms with E-state index in [1.54, 1.807) is 0 Å². The number of hydrogen-bond acceptors (Lipinski definition) is 3. The molecule has 0 saturated carbocycles. The first-order valence-corrected chi connectivity index (χ1v) is 6.18. The predicted molar refractivity (Wildman–Crippen MR) is 73.9 cm³/mol. The van der Waals surface area contributed by atoms with Crippen molar-refractivity contribution in [3.05, 3.63) is 53.7 Å². The summed E-state index contributed by atoms with van der Waals surface area (Å²) in [4.78, 5) is 4.47. The van der Waals surface area contributed by atoms with E-state index >= 15 is 0 Å². The lowest BCUT2D eigenvalue weighted by Crippen LogP contribution is -2.03. The zero-order valence-corrected chi connectivity index (χ0v) is 10.8. The highest BCUT2D eigenvalue weighted by Crippen LogP contribution is 2.17. The number of hydrogen-bond donors (Lipinski definition) is 1. The molecular formula is C15H18N2O. The smallest absolute Gasteiger partial charge is 0.130 e. The van der Waals surface area contributed by atoms with Gasteiger partial charge in [0.25, 0.3) is 0 Å². The molecule has 1 aromatic carbocycles. The van der Waals surface area contributed by atoms with Crippen molar-refractivity contribution in [2.75, 3.05) is 11.9 Å². The number of anilines is 1. The average Bonchev–Trinajstić information content (AvgIpc) is 2.39. The van der Waals surface area contributed by atoms with E-state index in [-0.39, 0.29) is 0 Å². The van der Waals surface area contributed by atoms with Gasteiger partial charge in [-0.3, -0.25) is 0 Å². The van der Waals surface area contributed by atoms with Crippen LogP contribution in [0.15, 0.2) is 42.5 Å². The Labute approximate surface area is 108 Å². The van der Waals surface area contributed by atoms with Crippen LogP contribution in [0.3, 0.4) is 0 Å². The Kier molecular flexibility index (Phi) is 4.18. The number of nitrogens with one attached hydrogen (secondary N) is 1. The molecule has 1 aromatic heterocycles. The van der Waals surface area contributed by atoms with Crippen LogP contribution in [-0.4, -0.2) is 11.5 Å². The zero-order valence-electron chi connectivity index (χ0n) is 10.8. The average molecular weight is 242 g/mol. The van der Waals surface area contributed by atoms with Gasteiger partial charge in [0, 0.05) is 6.54 Å². The highest BCUT2D eigenvalue weighted by atomic mass is 16.5. The number of aromatic nitrogens is 1. The van der Waals surface area contributed by atoms with Crippen LogP contribution in [0, 0.1) is 6.92 Å². The number of nitrogens with zero attached hydrogens (tertiary/aromatic N) is 1. The van der Waals surface area contributed by atoms with E-state index in [1.165, 1.54) is 0 Å². The van der Waals surface area contributed by atoms with Crippen LogP contribution >= 0.6 is 0 Å². The van der Waals surface area contributed by atoms with Crippen molar-refractivity contribution in [1.29, 1.82) is 0 Å². The summed E-state index contributed by atoms with van der Waals surface area (Å²) in [5.41, 5.74) is 2.07. The number of ether oxygens (including phenoxy) is 1. The van der Waals surface area contributed by atoms with Crippen molar-refractivity contribution >= 4 is 5.82 Å². The molecule has 3 nitrogen and oxygen atoms in total. The number of para-hydroxylation sites is 1. The normalized spacial score (nSPS) is 10.1. The molecule has 1 heterocycles. The minimum atomic E-state index is 0.490. The minimum Gasteiger partial charge on any atom is -0.487 e. The third kappa shape index (κ3) is 3.23. The van der Waals surface area contributed by atoms with Gasteiger partial charge in [0.2, 0.25) is 0 Å². The van der Waals surface area contributed by atoms with Gasteiger partial charge in [-0.05, 0) is 37.6 Å². The second-order valence-corrected chi connectivity index (χ2v) is 4.10. The van der Waals surface area contributed by atoms with Crippen molar-refractivity contribution in [2.45, 2.75) is 20.5 Å². The van der Waals surface area contributed by atoms with Gasteiger partial charge in [-0.25, -0.2) is 4.98 Å². The molecule has 94 valence electrons. The zero-order chi connectivity index (χ0) is 12.8. The SMILES string of the molecule is CCNc1cccc(COc2ccccc2C)n1. The molecule has 2 aromatic rings. The molecule has 0 aliphatic carbocycles. The molecule has 2 rings (SSSR count). The van der Waals surface area contributed by atoms with Crippen molar-refractivity contribution in [2.24, 2.45) is 0 Å². The molecule has 18 heavy (non-hydrogen) atoms. The maximum Gasteiger partial charge on any atom is 0.130 e. The van der Waals surface area contributed by atoms with Gasteiger partial charge >= 0.3 is 0 Å². The van der Waals surface area contributed by atoms with Crippen LogP contribution in [0.2, 0.25) is 0 Å². The fraction of sp³-hybridized carbons (Fsp3) is 0.267. The summed E-state index contributed by atoms with van der Waals surface area (Å²) in [6.07, 6.45) is 0. The molecule has 1 N–H and O–H groups in total. The Morgan fingerprint density at radius 2 is 1.94 bits per heavy atom. The van der Waals surface area contributed by atoms with E-state index in [1.807, 2.05) is 49.4 Å². The molecule has 0 spiro atoms. The number of rotatable bonds is 5. The maximum absolute atomic E-state index is 5.77. The largest absolute Gasteiger partial charge is 0.487 e. The Bertz CT molecular complexity index is 511. The van der Waals surface area contributed by atoms with Crippen LogP contribution in [0.25, 0.3) is 0 Å². The molecule has 0 saturated heterocycles. The van der Waals surface area contributed by atoms with Crippen molar-refractivity contribution in [3.63, 3.8) is 0 Å². The Morgan fingerprint density at radius 1 is 1.11 bits per heavy atom. The third-order valence-electron chi connectivity index (χ3n) is 2.63. The van der Waals surface area contributed by atoms with Gasteiger partial charge < -0.3 is 10.1 Å². The van der Waals surface area contributed by atoms with Crippen LogP contribution in [0.5, 0.6) is 5.75 Å². The fourth-order valence-corrected chi connectivity index (χ4v) is 1.71. The first-order chi connectivity index (χ1) is 8.79. The summed E-state index contributed by atoms with van der Waals surface area (Å²) in [6, 6.07) is 13.9. The van der Waals surface area contributed by atoms with Gasteiger partial charge in [0.05, 0.1) is 5.69 Å². The highest BCUT2D eigenvalue weighted by molar-refractivity contribution is 5.35. The number of aryl methyl sites for hydroxylation is 1. The molecule has 0 aliphatic rings. The van der Waals surface area contributed by atoms with Crippen molar-refractivity contribution in [3.8, 4) is 5.75 Å². The highest BCUT2D eigenvalue weighted by Gasteiger charge is 2.00. The van der Waals surface area contributed by atoms with Crippen molar-refractivity contribution < 1.29 is 4.74 Å². The molecule has 3 heteroatoms. The molecule has 0 amide bonds.